The first kappa shape index (κ1) is 11.0. The van der Waals surface area contributed by atoms with E-state index in [2.05, 4.69) is 10.2 Å². The van der Waals surface area contributed by atoms with Crippen LogP contribution in [-0.2, 0) is 19.1 Å². The molecule has 88 valence electrons. The minimum Gasteiger partial charge on any atom is -0.464 e. The smallest absolute Gasteiger partial charge is 0.335 e. The molecule has 0 aromatic carbocycles. The summed E-state index contributed by atoms with van der Waals surface area (Å²) in [7, 11) is 0. The molecule has 2 rings (SSSR count). The van der Waals surface area contributed by atoms with Gasteiger partial charge < -0.3 is 9.47 Å². The molecule has 0 aliphatic carbocycles. The van der Waals surface area contributed by atoms with Crippen LogP contribution in [0.5, 0.6) is 0 Å². The fourth-order valence-corrected chi connectivity index (χ4v) is 1.60. The summed E-state index contributed by atoms with van der Waals surface area (Å²) in [5, 5.41) is 7.98. The molecule has 2 atom stereocenters. The first-order valence-corrected chi connectivity index (χ1v) is 5.25. The van der Waals surface area contributed by atoms with Crippen molar-refractivity contribution in [1.29, 1.82) is 0 Å². The fourth-order valence-electron chi connectivity index (χ4n) is 1.60. The Labute approximate surface area is 93.0 Å². The van der Waals surface area contributed by atoms with Crippen LogP contribution < -0.4 is 0 Å². The van der Waals surface area contributed by atoms with Gasteiger partial charge in [0.05, 0.1) is 13.2 Å². The van der Waals surface area contributed by atoms with Crippen LogP contribution in [0.25, 0.3) is 0 Å². The highest BCUT2D eigenvalue weighted by Crippen LogP contribution is 2.29. The van der Waals surface area contributed by atoms with Crippen molar-refractivity contribution in [2.24, 2.45) is 10.2 Å². The molecule has 6 nitrogen and oxygen atoms in total. The maximum atomic E-state index is 11.4. The Balaban J connectivity index is 2.14. The van der Waals surface area contributed by atoms with Crippen LogP contribution in [-0.4, -0.2) is 36.2 Å². The van der Waals surface area contributed by atoms with E-state index in [-0.39, 0.29) is 11.9 Å². The van der Waals surface area contributed by atoms with Crippen molar-refractivity contribution in [1.82, 2.24) is 0 Å². The Morgan fingerprint density at radius 2 is 1.31 bits per heavy atom. The van der Waals surface area contributed by atoms with Crippen molar-refractivity contribution in [3.63, 3.8) is 0 Å². The Bertz CT molecular complexity index is 334. The lowest BCUT2D eigenvalue weighted by molar-refractivity contribution is -0.143. The predicted octanol–water partition coefficient (Wildman–Crippen LogP) is 0.850. The van der Waals surface area contributed by atoms with Crippen molar-refractivity contribution in [2.75, 3.05) is 13.2 Å². The molecule has 2 aliphatic heterocycles. The van der Waals surface area contributed by atoms with Gasteiger partial charge in [-0.1, -0.05) is 0 Å². The Morgan fingerprint density at radius 1 is 0.938 bits per heavy atom. The maximum Gasteiger partial charge on any atom is 0.335 e. The molecular weight excluding hydrogens is 212 g/mol. The predicted molar refractivity (Wildman–Crippen MR) is 52.8 cm³/mol. The van der Waals surface area contributed by atoms with E-state index in [1.54, 1.807) is 13.8 Å². The lowest BCUT2D eigenvalue weighted by Crippen LogP contribution is -2.31. The summed E-state index contributed by atoms with van der Waals surface area (Å²) in [6.45, 7) is 4.04. The van der Waals surface area contributed by atoms with Gasteiger partial charge in [-0.05, 0) is 13.8 Å². The van der Waals surface area contributed by atoms with E-state index in [0.717, 1.165) is 0 Å². The van der Waals surface area contributed by atoms with Gasteiger partial charge in [-0.3, -0.25) is 0 Å². The van der Waals surface area contributed by atoms with E-state index in [4.69, 9.17) is 9.47 Å². The normalized spacial score (nSPS) is 39.1. The number of hydrogen-bond acceptors (Lipinski definition) is 6. The monoisotopic (exact) mass is 226 g/mol. The average molecular weight is 226 g/mol. The Hall–Kier alpha value is -1.46. The zero-order valence-corrected chi connectivity index (χ0v) is 9.36. The zero-order valence-electron chi connectivity index (χ0n) is 9.36. The summed E-state index contributed by atoms with van der Waals surface area (Å²) in [5.74, 6) is -0.766. The SMILES string of the molecule is CC1(N=NC2(C)CCOC2=O)CCOC1=O. The fraction of sp³-hybridized carbons (Fsp3) is 0.800. The minimum atomic E-state index is -0.939. The summed E-state index contributed by atoms with van der Waals surface area (Å²) < 4.78 is 9.67. The van der Waals surface area contributed by atoms with Crippen LogP contribution in [0.15, 0.2) is 10.2 Å². The molecule has 0 amide bonds. The average Bonchev–Trinajstić information content (AvgIpc) is 2.73. The van der Waals surface area contributed by atoms with Gasteiger partial charge in [-0.15, -0.1) is 0 Å². The zero-order chi connectivity index (χ0) is 11.8. The van der Waals surface area contributed by atoms with Crippen molar-refractivity contribution in [3.05, 3.63) is 0 Å². The molecule has 2 saturated heterocycles. The second-order valence-corrected chi connectivity index (χ2v) is 4.52. The van der Waals surface area contributed by atoms with Crippen LogP contribution >= 0.6 is 0 Å². The van der Waals surface area contributed by atoms with E-state index in [9.17, 15) is 9.59 Å². The first-order valence-electron chi connectivity index (χ1n) is 5.25. The number of hydrogen-bond donors (Lipinski definition) is 0. The van der Waals surface area contributed by atoms with Crippen LogP contribution in [0, 0.1) is 0 Å². The molecule has 2 aliphatic rings. The number of azo groups is 1. The molecule has 6 heteroatoms. The molecule has 0 aromatic heterocycles. The molecule has 2 heterocycles. The summed E-state index contributed by atoms with van der Waals surface area (Å²) in [5.41, 5.74) is -1.88. The van der Waals surface area contributed by atoms with E-state index in [0.29, 0.717) is 26.1 Å². The second-order valence-electron chi connectivity index (χ2n) is 4.52. The lowest BCUT2D eigenvalue weighted by atomic mass is 10.0. The highest BCUT2D eigenvalue weighted by Gasteiger charge is 2.44. The van der Waals surface area contributed by atoms with Crippen molar-refractivity contribution >= 4 is 11.9 Å². The van der Waals surface area contributed by atoms with Crippen molar-refractivity contribution in [2.45, 2.75) is 37.8 Å². The summed E-state index contributed by atoms with van der Waals surface area (Å²) in [6.07, 6.45) is 1.00. The third-order valence-corrected chi connectivity index (χ3v) is 3.01. The van der Waals surface area contributed by atoms with E-state index >= 15 is 0 Å². The molecule has 2 unspecified atom stereocenters. The standard InChI is InChI=1S/C10H14N2O4/c1-9(3-5-15-7(9)13)11-12-10(2)4-6-16-8(10)14/h3-6H2,1-2H3. The molecule has 0 aromatic rings. The molecule has 0 N–H and O–H groups in total. The van der Waals surface area contributed by atoms with Crippen molar-refractivity contribution < 1.29 is 19.1 Å². The van der Waals surface area contributed by atoms with Gasteiger partial charge in [-0.25, -0.2) is 9.59 Å². The summed E-state index contributed by atoms with van der Waals surface area (Å²) in [6, 6.07) is 0. The number of cyclic esters (lactones) is 2. The Morgan fingerprint density at radius 3 is 1.56 bits per heavy atom. The summed E-state index contributed by atoms with van der Waals surface area (Å²) >= 11 is 0. The number of rotatable bonds is 2. The van der Waals surface area contributed by atoms with Crippen LogP contribution in [0.2, 0.25) is 0 Å². The first-order chi connectivity index (χ1) is 7.46. The minimum absolute atomic E-state index is 0.357. The van der Waals surface area contributed by atoms with E-state index in [1.807, 2.05) is 0 Å². The molecule has 2 fully saturated rings. The van der Waals surface area contributed by atoms with Crippen LogP contribution in [0.4, 0.5) is 0 Å². The van der Waals surface area contributed by atoms with Crippen molar-refractivity contribution in [3.8, 4) is 0 Å². The third-order valence-electron chi connectivity index (χ3n) is 3.01. The molecule has 0 bridgehead atoms. The number of carbonyl (C=O) groups excluding carboxylic acids is 2. The third kappa shape index (κ3) is 1.68. The van der Waals surface area contributed by atoms with Gasteiger partial charge in [0.15, 0.2) is 11.1 Å². The highest BCUT2D eigenvalue weighted by atomic mass is 16.5. The van der Waals surface area contributed by atoms with Gasteiger partial charge in [0.25, 0.3) is 0 Å². The second kappa shape index (κ2) is 3.54. The Kier molecular flexibility index (Phi) is 2.44. The molecule has 16 heavy (non-hydrogen) atoms. The molecule has 0 spiro atoms. The maximum absolute atomic E-state index is 11.4. The highest BCUT2D eigenvalue weighted by molar-refractivity contribution is 5.83. The van der Waals surface area contributed by atoms with Gasteiger partial charge in [0, 0.05) is 12.8 Å². The summed E-state index contributed by atoms with van der Waals surface area (Å²) in [4.78, 5) is 22.8. The molecular formula is C10H14N2O4. The van der Waals surface area contributed by atoms with Crippen LogP contribution in [0.1, 0.15) is 26.7 Å². The lowest BCUT2D eigenvalue weighted by Gasteiger charge is -2.15. The van der Waals surface area contributed by atoms with Gasteiger partial charge in [0.2, 0.25) is 0 Å². The number of esters is 2. The number of ether oxygens (including phenoxy) is 2. The largest absolute Gasteiger partial charge is 0.464 e. The molecule has 0 saturated carbocycles. The number of nitrogens with zero attached hydrogens (tertiary/aromatic N) is 2. The molecule has 0 radical (unpaired) electrons. The topological polar surface area (TPSA) is 77.3 Å². The number of carbonyl (C=O) groups is 2. The van der Waals surface area contributed by atoms with Gasteiger partial charge in [-0.2, -0.15) is 10.2 Å². The van der Waals surface area contributed by atoms with E-state index in [1.165, 1.54) is 0 Å². The van der Waals surface area contributed by atoms with Gasteiger partial charge in [0.1, 0.15) is 0 Å². The van der Waals surface area contributed by atoms with Gasteiger partial charge >= 0.3 is 11.9 Å². The van der Waals surface area contributed by atoms with E-state index < -0.39 is 11.1 Å². The van der Waals surface area contributed by atoms with Crippen LogP contribution in [0.3, 0.4) is 0 Å². The quantitative estimate of drug-likeness (QED) is 0.516.